The van der Waals surface area contributed by atoms with Gasteiger partial charge in [0, 0.05) is 27.7 Å². The van der Waals surface area contributed by atoms with Crippen LogP contribution in [0.25, 0.3) is 11.3 Å². The van der Waals surface area contributed by atoms with E-state index >= 15 is 0 Å². The molecule has 1 saturated heterocycles. The van der Waals surface area contributed by atoms with Crippen molar-refractivity contribution in [2.24, 2.45) is 0 Å². The number of anilines is 2. The van der Waals surface area contributed by atoms with E-state index in [1.165, 1.54) is 4.88 Å². The van der Waals surface area contributed by atoms with Gasteiger partial charge in [0.2, 0.25) is 5.91 Å². The van der Waals surface area contributed by atoms with Gasteiger partial charge >= 0.3 is 0 Å². The molecular formula is C22H22ClN3OS. The van der Waals surface area contributed by atoms with E-state index in [2.05, 4.69) is 29.3 Å². The summed E-state index contributed by atoms with van der Waals surface area (Å²) in [7, 11) is 0. The first-order chi connectivity index (χ1) is 13.7. The van der Waals surface area contributed by atoms with Gasteiger partial charge in [-0.05, 0) is 43.5 Å². The molecule has 4 nitrogen and oxygen atoms in total. The molecule has 0 spiro atoms. The minimum Gasteiger partial charge on any atom is -0.360 e. The van der Waals surface area contributed by atoms with Crippen LogP contribution in [0.5, 0.6) is 0 Å². The minimum absolute atomic E-state index is 0.00321. The number of halogens is 1. The van der Waals surface area contributed by atoms with Gasteiger partial charge in [-0.2, -0.15) is 0 Å². The van der Waals surface area contributed by atoms with Crippen LogP contribution in [0.2, 0.25) is 5.02 Å². The average Bonchev–Trinajstić information content (AvgIpc) is 3.36. The van der Waals surface area contributed by atoms with Crippen molar-refractivity contribution < 1.29 is 4.79 Å². The number of amides is 1. The fourth-order valence-corrected chi connectivity index (χ4v) is 4.69. The Morgan fingerprint density at radius 2 is 1.96 bits per heavy atom. The first kappa shape index (κ1) is 19.0. The summed E-state index contributed by atoms with van der Waals surface area (Å²) in [4.78, 5) is 21.1. The molecule has 0 aliphatic carbocycles. The number of hydrogen-bond donors (Lipinski definition) is 1. The number of hydrogen-bond acceptors (Lipinski definition) is 4. The lowest BCUT2D eigenvalue weighted by Gasteiger charge is -2.25. The largest absolute Gasteiger partial charge is 0.360 e. The number of aryl methyl sites for hydroxylation is 1. The molecule has 1 aliphatic rings. The molecule has 28 heavy (non-hydrogen) atoms. The molecule has 1 aliphatic heterocycles. The SMILES string of the molecule is CCc1sc(NC(=O)C2CCCN2c2ccc(Cl)cc2)nc1-c1ccccc1. The number of benzene rings is 2. The predicted molar refractivity (Wildman–Crippen MR) is 117 cm³/mol. The molecule has 1 aromatic heterocycles. The van der Waals surface area contributed by atoms with Crippen LogP contribution in [0.15, 0.2) is 54.6 Å². The molecule has 0 radical (unpaired) electrons. The number of aromatic nitrogens is 1. The number of thiazole rings is 1. The molecule has 4 rings (SSSR count). The van der Waals surface area contributed by atoms with Crippen molar-refractivity contribution in [3.8, 4) is 11.3 Å². The summed E-state index contributed by atoms with van der Waals surface area (Å²) in [5.41, 5.74) is 3.07. The van der Waals surface area contributed by atoms with Gasteiger partial charge in [0.25, 0.3) is 0 Å². The summed E-state index contributed by atoms with van der Waals surface area (Å²) in [5, 5.41) is 4.43. The van der Waals surface area contributed by atoms with Crippen LogP contribution in [0.1, 0.15) is 24.6 Å². The summed E-state index contributed by atoms with van der Waals surface area (Å²) in [6.07, 6.45) is 2.72. The number of carbonyl (C=O) groups excluding carboxylic acids is 1. The molecule has 1 atom stereocenters. The first-order valence-electron chi connectivity index (χ1n) is 9.54. The van der Waals surface area contributed by atoms with Crippen LogP contribution in [0.4, 0.5) is 10.8 Å². The Bertz CT molecular complexity index is 956. The minimum atomic E-state index is -0.185. The summed E-state index contributed by atoms with van der Waals surface area (Å²) in [6.45, 7) is 2.98. The van der Waals surface area contributed by atoms with E-state index < -0.39 is 0 Å². The van der Waals surface area contributed by atoms with Crippen LogP contribution in [-0.4, -0.2) is 23.5 Å². The fourth-order valence-electron chi connectivity index (χ4n) is 3.64. The Kier molecular flexibility index (Phi) is 5.64. The van der Waals surface area contributed by atoms with Gasteiger partial charge in [-0.25, -0.2) is 4.98 Å². The zero-order valence-corrected chi connectivity index (χ0v) is 17.3. The van der Waals surface area contributed by atoms with Gasteiger partial charge in [-0.15, -0.1) is 11.3 Å². The van der Waals surface area contributed by atoms with Crippen LogP contribution >= 0.6 is 22.9 Å². The lowest BCUT2D eigenvalue weighted by atomic mass is 10.1. The van der Waals surface area contributed by atoms with Crippen molar-refractivity contribution in [2.75, 3.05) is 16.8 Å². The number of nitrogens with one attached hydrogen (secondary N) is 1. The monoisotopic (exact) mass is 411 g/mol. The lowest BCUT2D eigenvalue weighted by Crippen LogP contribution is -2.39. The van der Waals surface area contributed by atoms with E-state index in [0.29, 0.717) is 10.2 Å². The average molecular weight is 412 g/mol. The molecule has 144 valence electrons. The molecule has 1 unspecified atom stereocenters. The van der Waals surface area contributed by atoms with Gasteiger partial charge in [-0.3, -0.25) is 4.79 Å². The Morgan fingerprint density at radius 1 is 1.21 bits per heavy atom. The normalized spacial score (nSPS) is 16.4. The van der Waals surface area contributed by atoms with E-state index in [1.54, 1.807) is 11.3 Å². The van der Waals surface area contributed by atoms with Crippen molar-refractivity contribution in [2.45, 2.75) is 32.2 Å². The highest BCUT2D eigenvalue weighted by Gasteiger charge is 2.31. The Labute approximate surface area is 174 Å². The molecule has 1 amide bonds. The quantitative estimate of drug-likeness (QED) is 0.591. The highest BCUT2D eigenvalue weighted by atomic mass is 35.5. The smallest absolute Gasteiger partial charge is 0.248 e. The highest BCUT2D eigenvalue weighted by molar-refractivity contribution is 7.16. The molecule has 0 saturated carbocycles. The van der Waals surface area contributed by atoms with Crippen molar-refractivity contribution >= 4 is 39.7 Å². The lowest BCUT2D eigenvalue weighted by molar-refractivity contribution is -0.117. The second kappa shape index (κ2) is 8.33. The molecule has 2 heterocycles. The fraction of sp³-hybridized carbons (Fsp3) is 0.273. The molecule has 1 fully saturated rings. The van der Waals surface area contributed by atoms with E-state index in [4.69, 9.17) is 16.6 Å². The van der Waals surface area contributed by atoms with Gasteiger partial charge < -0.3 is 10.2 Å². The highest BCUT2D eigenvalue weighted by Crippen LogP contribution is 2.33. The second-order valence-corrected chi connectivity index (χ2v) is 8.35. The van der Waals surface area contributed by atoms with Gasteiger partial charge in [-0.1, -0.05) is 48.9 Å². The summed E-state index contributed by atoms with van der Waals surface area (Å²) < 4.78 is 0. The Hall–Kier alpha value is -2.37. The molecular weight excluding hydrogens is 390 g/mol. The number of rotatable bonds is 5. The van der Waals surface area contributed by atoms with Gasteiger partial charge in [0.15, 0.2) is 5.13 Å². The van der Waals surface area contributed by atoms with Gasteiger partial charge in [0.1, 0.15) is 6.04 Å². The summed E-state index contributed by atoms with van der Waals surface area (Å²) in [6, 6.07) is 17.6. The maximum absolute atomic E-state index is 13.0. The Morgan fingerprint density at radius 3 is 2.68 bits per heavy atom. The number of nitrogens with zero attached hydrogens (tertiary/aromatic N) is 2. The maximum atomic E-state index is 13.0. The summed E-state index contributed by atoms with van der Waals surface area (Å²) in [5.74, 6) is 0.00321. The van der Waals surface area contributed by atoms with Crippen molar-refractivity contribution in [1.29, 1.82) is 0 Å². The van der Waals surface area contributed by atoms with E-state index in [9.17, 15) is 4.79 Å². The maximum Gasteiger partial charge on any atom is 0.248 e. The summed E-state index contributed by atoms with van der Waals surface area (Å²) >= 11 is 7.56. The first-order valence-corrected chi connectivity index (χ1v) is 10.7. The molecule has 3 aromatic rings. The number of carbonyl (C=O) groups is 1. The Balaban J connectivity index is 1.53. The van der Waals surface area contributed by atoms with Crippen LogP contribution in [-0.2, 0) is 11.2 Å². The van der Waals surface area contributed by atoms with E-state index in [-0.39, 0.29) is 11.9 Å². The van der Waals surface area contributed by atoms with Crippen molar-refractivity contribution in [1.82, 2.24) is 4.98 Å². The van der Waals surface area contributed by atoms with E-state index in [0.717, 1.165) is 42.8 Å². The van der Waals surface area contributed by atoms with Crippen LogP contribution < -0.4 is 10.2 Å². The topological polar surface area (TPSA) is 45.2 Å². The molecule has 0 bridgehead atoms. The van der Waals surface area contributed by atoms with Gasteiger partial charge in [0.05, 0.1) is 5.69 Å². The van der Waals surface area contributed by atoms with Crippen LogP contribution in [0, 0.1) is 0 Å². The van der Waals surface area contributed by atoms with Crippen molar-refractivity contribution in [3.63, 3.8) is 0 Å². The molecule has 1 N–H and O–H groups in total. The standard InChI is InChI=1S/C22H22ClN3OS/c1-2-19-20(15-7-4-3-5-8-15)24-22(28-19)25-21(27)18-9-6-14-26(18)17-12-10-16(23)11-13-17/h3-5,7-8,10-13,18H,2,6,9,14H2,1H3,(H,24,25,27). The third-order valence-corrected chi connectivity index (χ3v) is 6.38. The second-order valence-electron chi connectivity index (χ2n) is 6.83. The predicted octanol–water partition coefficient (Wildman–Crippen LogP) is 5.63. The van der Waals surface area contributed by atoms with Crippen LogP contribution in [0.3, 0.4) is 0 Å². The zero-order valence-electron chi connectivity index (χ0n) is 15.7. The molecule has 2 aromatic carbocycles. The van der Waals surface area contributed by atoms with Crippen molar-refractivity contribution in [3.05, 3.63) is 64.5 Å². The third kappa shape index (κ3) is 3.91. The molecule has 6 heteroatoms. The third-order valence-electron chi connectivity index (χ3n) is 5.01. The zero-order chi connectivity index (χ0) is 19.5. The van der Waals surface area contributed by atoms with E-state index in [1.807, 2.05) is 42.5 Å².